The van der Waals surface area contributed by atoms with E-state index in [1.807, 2.05) is 0 Å². The third-order valence-corrected chi connectivity index (χ3v) is 3.24. The first-order valence-electron chi connectivity index (χ1n) is 5.62. The van der Waals surface area contributed by atoms with E-state index in [4.69, 9.17) is 0 Å². The number of halogens is 1. The van der Waals surface area contributed by atoms with Crippen molar-refractivity contribution in [1.29, 1.82) is 0 Å². The highest BCUT2D eigenvalue weighted by Crippen LogP contribution is 2.20. The number of thioether (sulfide) groups is 1. The van der Waals surface area contributed by atoms with Crippen molar-refractivity contribution < 1.29 is 9.18 Å². The molecule has 19 heavy (non-hydrogen) atoms. The fourth-order valence-corrected chi connectivity index (χ4v) is 2.15. The van der Waals surface area contributed by atoms with Crippen LogP contribution in [0.5, 0.6) is 0 Å². The Kier molecular flexibility index (Phi) is 4.46. The van der Waals surface area contributed by atoms with Crippen LogP contribution in [-0.2, 0) is 10.5 Å². The molecule has 0 aliphatic rings. The molecule has 0 unspecified atom stereocenters. The molecule has 0 radical (unpaired) electrons. The fourth-order valence-electron chi connectivity index (χ4n) is 1.38. The summed E-state index contributed by atoms with van der Waals surface area (Å²) in [6.07, 6.45) is 0. The second-order valence-corrected chi connectivity index (χ2v) is 4.85. The Morgan fingerprint density at radius 3 is 2.53 bits per heavy atom. The van der Waals surface area contributed by atoms with Crippen LogP contribution in [0.2, 0.25) is 0 Å². The van der Waals surface area contributed by atoms with Crippen molar-refractivity contribution in [1.82, 2.24) is 10.2 Å². The van der Waals surface area contributed by atoms with Crippen molar-refractivity contribution in [2.75, 3.05) is 5.32 Å². The summed E-state index contributed by atoms with van der Waals surface area (Å²) in [5.74, 6) is 0.696. The fraction of sp³-hybridized carbons (Fsp3) is 0.154. The van der Waals surface area contributed by atoms with E-state index in [2.05, 4.69) is 15.5 Å². The third kappa shape index (κ3) is 4.33. The van der Waals surface area contributed by atoms with Crippen LogP contribution in [0.4, 0.5) is 10.2 Å². The highest BCUT2D eigenvalue weighted by Gasteiger charge is 2.01. The lowest BCUT2D eigenvalue weighted by Gasteiger charge is -2.02. The number of nitrogens with zero attached hydrogens (tertiary/aromatic N) is 2. The van der Waals surface area contributed by atoms with Gasteiger partial charge in [-0.2, -0.15) is 0 Å². The largest absolute Gasteiger partial charge is 0.309 e. The Hall–Kier alpha value is -1.95. The summed E-state index contributed by atoms with van der Waals surface area (Å²) in [4.78, 5) is 10.8. The molecule has 0 atom stereocenters. The Bertz CT molecular complexity index is 557. The molecule has 1 aromatic carbocycles. The second kappa shape index (κ2) is 6.29. The van der Waals surface area contributed by atoms with Gasteiger partial charge in [-0.05, 0) is 29.8 Å². The highest BCUT2D eigenvalue weighted by molar-refractivity contribution is 7.98. The normalized spacial score (nSPS) is 10.2. The molecule has 0 aliphatic carbocycles. The van der Waals surface area contributed by atoms with Gasteiger partial charge in [-0.1, -0.05) is 23.9 Å². The van der Waals surface area contributed by atoms with Crippen LogP contribution in [-0.4, -0.2) is 16.1 Å². The van der Waals surface area contributed by atoms with Crippen LogP contribution in [0.25, 0.3) is 0 Å². The molecular formula is C13H12FN3OS. The second-order valence-electron chi connectivity index (χ2n) is 3.85. The van der Waals surface area contributed by atoms with Gasteiger partial charge >= 0.3 is 0 Å². The molecule has 1 heterocycles. The number of aromatic nitrogens is 2. The van der Waals surface area contributed by atoms with Crippen LogP contribution in [0.3, 0.4) is 0 Å². The average molecular weight is 277 g/mol. The van der Waals surface area contributed by atoms with E-state index < -0.39 is 0 Å². The van der Waals surface area contributed by atoms with Crippen LogP contribution in [0.15, 0.2) is 41.4 Å². The summed E-state index contributed by atoms with van der Waals surface area (Å²) in [6, 6.07) is 9.82. The summed E-state index contributed by atoms with van der Waals surface area (Å²) in [5, 5.41) is 11.2. The molecule has 98 valence electrons. The number of nitrogens with one attached hydrogen (secondary N) is 1. The summed E-state index contributed by atoms with van der Waals surface area (Å²) < 4.78 is 12.7. The van der Waals surface area contributed by atoms with Gasteiger partial charge in [-0.3, -0.25) is 4.79 Å². The standard InChI is InChI=1S/C13H12FN3OS/c1-9(18)15-12-6-7-13(17-16-12)19-8-10-2-4-11(14)5-3-10/h2-7H,8H2,1H3,(H,15,16,18). The van der Waals surface area contributed by atoms with Gasteiger partial charge in [0.25, 0.3) is 0 Å². The topological polar surface area (TPSA) is 54.9 Å². The van der Waals surface area contributed by atoms with Crippen LogP contribution in [0.1, 0.15) is 12.5 Å². The van der Waals surface area contributed by atoms with Crippen molar-refractivity contribution in [3.63, 3.8) is 0 Å². The van der Waals surface area contributed by atoms with E-state index in [1.165, 1.54) is 30.8 Å². The van der Waals surface area contributed by atoms with Gasteiger partial charge in [0, 0.05) is 12.7 Å². The number of carbonyl (C=O) groups is 1. The maximum Gasteiger partial charge on any atom is 0.222 e. The summed E-state index contributed by atoms with van der Waals surface area (Å²) in [5.41, 5.74) is 1.01. The Balaban J connectivity index is 1.92. The first-order chi connectivity index (χ1) is 9.13. The predicted molar refractivity (Wildman–Crippen MR) is 72.3 cm³/mol. The number of amides is 1. The molecule has 0 bridgehead atoms. The number of hydrogen-bond acceptors (Lipinski definition) is 4. The van der Waals surface area contributed by atoms with Crippen molar-refractivity contribution in [3.8, 4) is 0 Å². The molecule has 0 fully saturated rings. The molecule has 2 rings (SSSR count). The average Bonchev–Trinajstić information content (AvgIpc) is 2.39. The van der Waals surface area contributed by atoms with E-state index in [-0.39, 0.29) is 11.7 Å². The Labute approximate surface area is 114 Å². The van der Waals surface area contributed by atoms with Crippen molar-refractivity contribution in [3.05, 3.63) is 47.8 Å². The van der Waals surface area contributed by atoms with E-state index in [1.54, 1.807) is 24.3 Å². The summed E-state index contributed by atoms with van der Waals surface area (Å²) in [7, 11) is 0. The highest BCUT2D eigenvalue weighted by atomic mass is 32.2. The minimum atomic E-state index is -0.242. The molecule has 0 saturated heterocycles. The predicted octanol–water partition coefficient (Wildman–Crippen LogP) is 2.87. The monoisotopic (exact) mass is 277 g/mol. The van der Waals surface area contributed by atoms with Gasteiger partial charge in [0.2, 0.25) is 5.91 Å². The Morgan fingerprint density at radius 1 is 1.21 bits per heavy atom. The smallest absolute Gasteiger partial charge is 0.222 e. The van der Waals surface area contributed by atoms with Gasteiger partial charge in [-0.25, -0.2) is 4.39 Å². The van der Waals surface area contributed by atoms with Crippen molar-refractivity contribution in [2.24, 2.45) is 0 Å². The lowest BCUT2D eigenvalue weighted by Crippen LogP contribution is -2.07. The number of rotatable bonds is 4. The maximum absolute atomic E-state index is 12.7. The van der Waals surface area contributed by atoms with E-state index in [0.717, 1.165) is 10.6 Å². The molecule has 0 saturated carbocycles. The van der Waals surface area contributed by atoms with E-state index in [9.17, 15) is 9.18 Å². The van der Waals surface area contributed by atoms with Gasteiger partial charge in [0.1, 0.15) is 10.8 Å². The van der Waals surface area contributed by atoms with Gasteiger partial charge in [-0.15, -0.1) is 10.2 Å². The zero-order chi connectivity index (χ0) is 13.7. The molecule has 1 amide bonds. The summed E-state index contributed by atoms with van der Waals surface area (Å²) >= 11 is 1.50. The first-order valence-corrected chi connectivity index (χ1v) is 6.60. The first kappa shape index (κ1) is 13.5. The van der Waals surface area contributed by atoms with Crippen LogP contribution >= 0.6 is 11.8 Å². The van der Waals surface area contributed by atoms with Gasteiger partial charge in [0.05, 0.1) is 0 Å². The van der Waals surface area contributed by atoms with Crippen molar-refractivity contribution >= 4 is 23.5 Å². The third-order valence-electron chi connectivity index (χ3n) is 2.24. The minimum Gasteiger partial charge on any atom is -0.309 e. The van der Waals surface area contributed by atoms with E-state index in [0.29, 0.717) is 11.6 Å². The van der Waals surface area contributed by atoms with E-state index >= 15 is 0 Å². The number of anilines is 1. The SMILES string of the molecule is CC(=O)Nc1ccc(SCc2ccc(F)cc2)nn1. The lowest BCUT2D eigenvalue weighted by atomic mass is 10.2. The van der Waals surface area contributed by atoms with Gasteiger partial charge in [0.15, 0.2) is 5.82 Å². The Morgan fingerprint density at radius 2 is 1.95 bits per heavy atom. The molecule has 1 aromatic heterocycles. The number of benzene rings is 1. The molecular weight excluding hydrogens is 265 g/mol. The number of hydrogen-bond donors (Lipinski definition) is 1. The maximum atomic E-state index is 12.7. The molecule has 0 aliphatic heterocycles. The lowest BCUT2D eigenvalue weighted by molar-refractivity contribution is -0.114. The van der Waals surface area contributed by atoms with Crippen molar-refractivity contribution in [2.45, 2.75) is 17.7 Å². The molecule has 6 heteroatoms. The summed E-state index contributed by atoms with van der Waals surface area (Å²) in [6.45, 7) is 1.42. The number of carbonyl (C=O) groups excluding carboxylic acids is 1. The molecule has 2 aromatic rings. The molecule has 4 nitrogen and oxygen atoms in total. The zero-order valence-electron chi connectivity index (χ0n) is 10.3. The van der Waals surface area contributed by atoms with Gasteiger partial charge < -0.3 is 5.32 Å². The minimum absolute atomic E-state index is 0.180. The zero-order valence-corrected chi connectivity index (χ0v) is 11.1. The molecule has 1 N–H and O–H groups in total. The molecule has 0 spiro atoms. The van der Waals surface area contributed by atoms with Crippen LogP contribution in [0, 0.1) is 5.82 Å². The quantitative estimate of drug-likeness (QED) is 0.873. The van der Waals surface area contributed by atoms with Crippen LogP contribution < -0.4 is 5.32 Å².